The van der Waals surface area contributed by atoms with Crippen molar-refractivity contribution in [1.82, 2.24) is 5.32 Å². The second-order valence-electron chi connectivity index (χ2n) is 5.35. The van der Waals surface area contributed by atoms with Gasteiger partial charge in [0.1, 0.15) is 0 Å². The van der Waals surface area contributed by atoms with Crippen molar-refractivity contribution in [3.05, 3.63) is 0 Å². The first-order chi connectivity index (χ1) is 7.33. The molecule has 0 aromatic carbocycles. The van der Waals surface area contributed by atoms with Gasteiger partial charge in [0.2, 0.25) is 5.91 Å². The molecule has 1 saturated heterocycles. The summed E-state index contributed by atoms with van der Waals surface area (Å²) in [5.41, 5.74) is 0. The van der Waals surface area contributed by atoms with E-state index in [1.165, 1.54) is 37.9 Å². The molecule has 15 heavy (non-hydrogen) atoms. The van der Waals surface area contributed by atoms with E-state index in [-0.39, 0.29) is 0 Å². The summed E-state index contributed by atoms with van der Waals surface area (Å²) in [6, 6.07) is 0.466. The molecule has 3 fully saturated rings. The van der Waals surface area contributed by atoms with Crippen LogP contribution in [0.1, 0.15) is 32.1 Å². The molecule has 0 bridgehead atoms. The molecule has 2 saturated carbocycles. The quantitative estimate of drug-likeness (QED) is 0.779. The zero-order valence-corrected chi connectivity index (χ0v) is 9.89. The van der Waals surface area contributed by atoms with Gasteiger partial charge in [-0.15, -0.1) is 0 Å². The standard InChI is InChI=1S/C12H19NOS/c14-12(10-5-8-4-9(8)6-10)13-11-2-1-3-15-7-11/h8-11H,1-7H2,(H,13,14). The van der Waals surface area contributed by atoms with Crippen molar-refractivity contribution < 1.29 is 4.79 Å². The van der Waals surface area contributed by atoms with E-state index in [1.54, 1.807) is 0 Å². The first-order valence-corrected chi connectivity index (χ1v) is 7.36. The Morgan fingerprint density at radius 3 is 2.67 bits per heavy atom. The number of carbonyl (C=O) groups is 1. The van der Waals surface area contributed by atoms with Crippen molar-refractivity contribution in [2.75, 3.05) is 11.5 Å². The lowest BCUT2D eigenvalue weighted by molar-refractivity contribution is -0.125. The van der Waals surface area contributed by atoms with E-state index in [0.717, 1.165) is 17.6 Å². The maximum absolute atomic E-state index is 12.0. The third-order valence-electron chi connectivity index (χ3n) is 4.12. The molecule has 84 valence electrons. The molecule has 1 amide bonds. The highest BCUT2D eigenvalue weighted by molar-refractivity contribution is 7.99. The van der Waals surface area contributed by atoms with Crippen molar-refractivity contribution in [3.63, 3.8) is 0 Å². The SMILES string of the molecule is O=C(NC1CCCSC1)C1CC2CC2C1. The Hall–Kier alpha value is -0.180. The van der Waals surface area contributed by atoms with Crippen LogP contribution in [0.5, 0.6) is 0 Å². The van der Waals surface area contributed by atoms with E-state index in [4.69, 9.17) is 0 Å². The smallest absolute Gasteiger partial charge is 0.223 e. The van der Waals surface area contributed by atoms with E-state index in [1.807, 2.05) is 11.8 Å². The fourth-order valence-corrected chi connectivity index (χ4v) is 4.17. The number of rotatable bonds is 2. The van der Waals surface area contributed by atoms with Crippen molar-refractivity contribution >= 4 is 17.7 Å². The topological polar surface area (TPSA) is 29.1 Å². The van der Waals surface area contributed by atoms with Gasteiger partial charge in [0.25, 0.3) is 0 Å². The summed E-state index contributed by atoms with van der Waals surface area (Å²) in [6.45, 7) is 0. The molecule has 0 radical (unpaired) electrons. The zero-order chi connectivity index (χ0) is 10.3. The Morgan fingerprint density at radius 1 is 1.20 bits per heavy atom. The normalized spacial score (nSPS) is 43.5. The summed E-state index contributed by atoms with van der Waals surface area (Å²) in [5, 5.41) is 3.24. The Morgan fingerprint density at radius 2 is 2.00 bits per heavy atom. The summed E-state index contributed by atoms with van der Waals surface area (Å²) in [6.07, 6.45) is 6.22. The average molecular weight is 225 g/mol. The van der Waals surface area contributed by atoms with Gasteiger partial charge in [-0.2, -0.15) is 11.8 Å². The number of thioether (sulfide) groups is 1. The van der Waals surface area contributed by atoms with Gasteiger partial charge in [-0.1, -0.05) is 0 Å². The first kappa shape index (κ1) is 10.0. The monoisotopic (exact) mass is 225 g/mol. The highest BCUT2D eigenvalue weighted by Crippen LogP contribution is 2.54. The maximum Gasteiger partial charge on any atom is 0.223 e. The minimum absolute atomic E-state index is 0.356. The van der Waals surface area contributed by atoms with Crippen molar-refractivity contribution in [2.24, 2.45) is 17.8 Å². The van der Waals surface area contributed by atoms with Crippen molar-refractivity contribution in [2.45, 2.75) is 38.1 Å². The summed E-state index contributed by atoms with van der Waals surface area (Å²) in [5.74, 6) is 4.96. The van der Waals surface area contributed by atoms with E-state index < -0.39 is 0 Å². The number of fused-ring (bicyclic) bond motifs is 1. The molecular formula is C12H19NOS. The second-order valence-corrected chi connectivity index (χ2v) is 6.50. The van der Waals surface area contributed by atoms with E-state index in [2.05, 4.69) is 5.32 Å². The lowest BCUT2D eigenvalue weighted by Crippen LogP contribution is -2.41. The predicted molar refractivity (Wildman–Crippen MR) is 62.8 cm³/mol. The van der Waals surface area contributed by atoms with Gasteiger partial charge >= 0.3 is 0 Å². The summed E-state index contributed by atoms with van der Waals surface area (Å²) >= 11 is 1.98. The largest absolute Gasteiger partial charge is 0.352 e. The molecule has 1 heterocycles. The highest BCUT2D eigenvalue weighted by atomic mass is 32.2. The zero-order valence-electron chi connectivity index (χ0n) is 9.08. The van der Waals surface area contributed by atoms with Gasteiger partial charge < -0.3 is 5.32 Å². The molecule has 3 rings (SSSR count). The van der Waals surface area contributed by atoms with Crippen LogP contribution < -0.4 is 5.32 Å². The van der Waals surface area contributed by atoms with Gasteiger partial charge in [-0.25, -0.2) is 0 Å². The second kappa shape index (κ2) is 4.00. The van der Waals surface area contributed by atoms with Crippen LogP contribution in [0.4, 0.5) is 0 Å². The van der Waals surface area contributed by atoms with E-state index in [9.17, 15) is 4.79 Å². The molecule has 2 aliphatic carbocycles. The highest BCUT2D eigenvalue weighted by Gasteiger charge is 2.48. The van der Waals surface area contributed by atoms with Crippen molar-refractivity contribution in [1.29, 1.82) is 0 Å². The first-order valence-electron chi connectivity index (χ1n) is 6.21. The van der Waals surface area contributed by atoms with Crippen LogP contribution in [0.25, 0.3) is 0 Å². The van der Waals surface area contributed by atoms with Gasteiger partial charge in [0, 0.05) is 17.7 Å². The molecule has 3 atom stereocenters. The van der Waals surface area contributed by atoms with Crippen molar-refractivity contribution in [3.8, 4) is 0 Å². The van der Waals surface area contributed by atoms with Crippen LogP contribution in [-0.2, 0) is 4.79 Å². The lowest BCUT2D eigenvalue weighted by atomic mass is 10.0. The number of amides is 1. The minimum atomic E-state index is 0.356. The molecular weight excluding hydrogens is 206 g/mol. The average Bonchev–Trinajstić information content (AvgIpc) is 2.87. The van der Waals surface area contributed by atoms with Crippen LogP contribution in [0.15, 0.2) is 0 Å². The van der Waals surface area contributed by atoms with Gasteiger partial charge in [-0.05, 0) is 49.7 Å². The number of hydrogen-bond donors (Lipinski definition) is 1. The number of nitrogens with one attached hydrogen (secondary N) is 1. The molecule has 0 aromatic heterocycles. The Bertz CT molecular complexity index is 252. The predicted octanol–water partition coefficient (Wildman–Crippen LogP) is 2.04. The fraction of sp³-hybridized carbons (Fsp3) is 0.917. The molecule has 0 aromatic rings. The van der Waals surface area contributed by atoms with E-state index >= 15 is 0 Å². The van der Waals surface area contributed by atoms with Crippen LogP contribution >= 0.6 is 11.8 Å². The molecule has 3 unspecified atom stereocenters. The summed E-state index contributed by atoms with van der Waals surface area (Å²) in [4.78, 5) is 12.0. The van der Waals surface area contributed by atoms with Gasteiger partial charge in [0.15, 0.2) is 0 Å². The van der Waals surface area contributed by atoms with Crippen LogP contribution in [-0.4, -0.2) is 23.5 Å². The molecule has 3 aliphatic rings. The minimum Gasteiger partial charge on any atom is -0.352 e. The van der Waals surface area contributed by atoms with Gasteiger partial charge in [0.05, 0.1) is 0 Å². The van der Waals surface area contributed by atoms with Gasteiger partial charge in [-0.3, -0.25) is 4.79 Å². The van der Waals surface area contributed by atoms with Crippen LogP contribution in [0.2, 0.25) is 0 Å². The van der Waals surface area contributed by atoms with E-state index in [0.29, 0.717) is 17.9 Å². The molecule has 2 nitrogen and oxygen atoms in total. The maximum atomic E-state index is 12.0. The number of carbonyl (C=O) groups excluding carboxylic acids is 1. The third-order valence-corrected chi connectivity index (χ3v) is 5.34. The number of hydrogen-bond acceptors (Lipinski definition) is 2. The Labute approximate surface area is 95.6 Å². The lowest BCUT2D eigenvalue weighted by Gasteiger charge is -2.24. The molecule has 0 spiro atoms. The molecule has 3 heteroatoms. The molecule has 1 aliphatic heterocycles. The Balaban J connectivity index is 1.47. The fourth-order valence-electron chi connectivity index (χ4n) is 3.10. The Kier molecular flexibility index (Phi) is 2.67. The summed E-state index contributed by atoms with van der Waals surface area (Å²) in [7, 11) is 0. The van der Waals surface area contributed by atoms with Crippen LogP contribution in [0.3, 0.4) is 0 Å². The van der Waals surface area contributed by atoms with Crippen LogP contribution in [0, 0.1) is 17.8 Å². The summed E-state index contributed by atoms with van der Waals surface area (Å²) < 4.78 is 0. The third kappa shape index (κ3) is 2.17. The molecule has 1 N–H and O–H groups in total.